The van der Waals surface area contributed by atoms with E-state index in [1.807, 2.05) is 0 Å². The Balaban J connectivity index is 2.13. The summed E-state index contributed by atoms with van der Waals surface area (Å²) in [5.41, 5.74) is 7.23. The summed E-state index contributed by atoms with van der Waals surface area (Å²) in [5.74, 6) is -0.114. The number of anilines is 2. The maximum Gasteiger partial charge on any atom is 0.156 e. The van der Waals surface area contributed by atoms with Gasteiger partial charge in [-0.2, -0.15) is 0 Å². The average Bonchev–Trinajstić information content (AvgIpc) is 2.93. The van der Waals surface area contributed by atoms with Gasteiger partial charge in [-0.3, -0.25) is 0 Å². The van der Waals surface area contributed by atoms with Gasteiger partial charge in [0.05, 0.1) is 5.69 Å². The van der Waals surface area contributed by atoms with Gasteiger partial charge in [0.1, 0.15) is 23.1 Å². The van der Waals surface area contributed by atoms with Crippen molar-refractivity contribution in [1.82, 2.24) is 9.97 Å². The molecule has 0 atom stereocenters. The first-order valence-corrected chi connectivity index (χ1v) is 6.90. The lowest BCUT2D eigenvalue weighted by Gasteiger charge is -2.20. The van der Waals surface area contributed by atoms with Crippen molar-refractivity contribution in [3.8, 4) is 11.3 Å². The van der Waals surface area contributed by atoms with Crippen LogP contribution in [-0.4, -0.2) is 23.1 Å². The molecule has 2 N–H and O–H groups in total. The van der Waals surface area contributed by atoms with Crippen molar-refractivity contribution in [2.45, 2.75) is 19.8 Å². The highest BCUT2D eigenvalue weighted by Gasteiger charge is 2.20. The van der Waals surface area contributed by atoms with Gasteiger partial charge in [0.2, 0.25) is 0 Å². The quantitative estimate of drug-likeness (QED) is 0.924. The van der Waals surface area contributed by atoms with E-state index in [2.05, 4.69) is 14.9 Å². The second-order valence-corrected chi connectivity index (χ2v) is 5.21. The molecule has 6 heteroatoms. The van der Waals surface area contributed by atoms with Crippen LogP contribution < -0.4 is 10.6 Å². The second kappa shape index (κ2) is 5.27. The highest BCUT2D eigenvalue weighted by molar-refractivity contribution is 5.81. The van der Waals surface area contributed by atoms with Crippen molar-refractivity contribution >= 4 is 11.5 Å². The predicted octanol–water partition coefficient (Wildman–Crippen LogP) is 2.91. The van der Waals surface area contributed by atoms with Gasteiger partial charge in [-0.25, -0.2) is 18.7 Å². The third-order valence-electron chi connectivity index (χ3n) is 3.58. The minimum Gasteiger partial charge on any atom is -0.394 e. The molecule has 0 radical (unpaired) electrons. The first-order valence-electron chi connectivity index (χ1n) is 6.90. The summed E-state index contributed by atoms with van der Waals surface area (Å²) in [4.78, 5) is 10.7. The summed E-state index contributed by atoms with van der Waals surface area (Å²) in [6.07, 6.45) is 2.18. The van der Waals surface area contributed by atoms with Crippen LogP contribution in [0.15, 0.2) is 18.2 Å². The standard InChI is InChI=1S/C15H16F2N4/c1-9-19-14(10-6-11(16)8-12(17)7-10)13(18)15(20-9)21-4-2-3-5-21/h6-8H,2-5,18H2,1H3. The molecular weight excluding hydrogens is 274 g/mol. The third-order valence-corrected chi connectivity index (χ3v) is 3.58. The molecule has 3 rings (SSSR count). The van der Waals surface area contributed by atoms with E-state index in [-0.39, 0.29) is 0 Å². The maximum atomic E-state index is 13.4. The van der Waals surface area contributed by atoms with Gasteiger partial charge in [0, 0.05) is 24.7 Å². The van der Waals surface area contributed by atoms with Gasteiger partial charge in [0.15, 0.2) is 5.82 Å². The van der Waals surface area contributed by atoms with Gasteiger partial charge < -0.3 is 10.6 Å². The smallest absolute Gasteiger partial charge is 0.156 e. The SMILES string of the molecule is Cc1nc(-c2cc(F)cc(F)c2)c(N)c(N2CCCC2)n1. The van der Waals surface area contributed by atoms with Crippen LogP contribution in [0.5, 0.6) is 0 Å². The van der Waals surface area contributed by atoms with Crippen molar-refractivity contribution in [1.29, 1.82) is 0 Å². The molecule has 0 amide bonds. The number of rotatable bonds is 2. The molecule has 1 fully saturated rings. The molecule has 1 aliphatic rings. The Morgan fingerprint density at radius 3 is 2.29 bits per heavy atom. The highest BCUT2D eigenvalue weighted by Crippen LogP contribution is 2.33. The van der Waals surface area contributed by atoms with Gasteiger partial charge >= 0.3 is 0 Å². The Bertz CT molecular complexity index is 661. The van der Waals surface area contributed by atoms with E-state index in [0.29, 0.717) is 28.6 Å². The zero-order valence-electron chi connectivity index (χ0n) is 11.7. The maximum absolute atomic E-state index is 13.4. The molecule has 21 heavy (non-hydrogen) atoms. The molecular formula is C15H16F2N4. The number of aromatic nitrogens is 2. The molecule has 2 heterocycles. The van der Waals surface area contributed by atoms with Crippen LogP contribution in [0, 0.1) is 18.6 Å². The summed E-state index contributed by atoms with van der Waals surface area (Å²) >= 11 is 0. The lowest BCUT2D eigenvalue weighted by atomic mass is 10.1. The Morgan fingerprint density at radius 1 is 1.05 bits per heavy atom. The first-order chi connectivity index (χ1) is 10.0. The van der Waals surface area contributed by atoms with Crippen molar-refractivity contribution in [3.05, 3.63) is 35.7 Å². The van der Waals surface area contributed by atoms with Gasteiger partial charge in [0.25, 0.3) is 0 Å². The average molecular weight is 290 g/mol. The molecule has 0 saturated carbocycles. The molecule has 0 spiro atoms. The van der Waals surface area contributed by atoms with Crippen molar-refractivity contribution in [3.63, 3.8) is 0 Å². The minimum absolute atomic E-state index is 0.330. The fourth-order valence-electron chi connectivity index (χ4n) is 2.65. The molecule has 1 aromatic carbocycles. The van der Waals surface area contributed by atoms with E-state index in [4.69, 9.17) is 5.73 Å². The van der Waals surface area contributed by atoms with E-state index >= 15 is 0 Å². The van der Waals surface area contributed by atoms with Crippen molar-refractivity contribution < 1.29 is 8.78 Å². The number of nitrogens with zero attached hydrogens (tertiary/aromatic N) is 3. The van der Waals surface area contributed by atoms with E-state index in [1.54, 1.807) is 6.92 Å². The monoisotopic (exact) mass is 290 g/mol. The molecule has 2 aromatic rings. The summed E-state index contributed by atoms with van der Waals surface area (Å²) < 4.78 is 26.8. The first kappa shape index (κ1) is 13.7. The molecule has 0 unspecified atom stereocenters. The predicted molar refractivity (Wildman–Crippen MR) is 78.0 cm³/mol. The molecule has 0 bridgehead atoms. The summed E-state index contributed by atoms with van der Waals surface area (Å²) in [5, 5.41) is 0. The molecule has 1 aromatic heterocycles. The Morgan fingerprint density at radius 2 is 1.67 bits per heavy atom. The van der Waals surface area contributed by atoms with Crippen molar-refractivity contribution in [2.75, 3.05) is 23.7 Å². The lowest BCUT2D eigenvalue weighted by Crippen LogP contribution is -2.21. The van der Waals surface area contributed by atoms with Crippen LogP contribution in [0.25, 0.3) is 11.3 Å². The molecule has 0 aliphatic carbocycles. The normalized spacial score (nSPS) is 14.7. The van der Waals surface area contributed by atoms with Crippen LogP contribution in [0.1, 0.15) is 18.7 Å². The topological polar surface area (TPSA) is 55.0 Å². The van der Waals surface area contributed by atoms with Gasteiger partial charge in [-0.1, -0.05) is 0 Å². The van der Waals surface area contributed by atoms with E-state index in [9.17, 15) is 8.78 Å². The van der Waals surface area contributed by atoms with E-state index in [0.717, 1.165) is 32.0 Å². The van der Waals surface area contributed by atoms with Crippen LogP contribution >= 0.6 is 0 Å². The summed E-state index contributed by atoms with van der Waals surface area (Å²) in [6.45, 7) is 3.52. The molecule has 110 valence electrons. The van der Waals surface area contributed by atoms with Crippen LogP contribution in [0.3, 0.4) is 0 Å². The largest absolute Gasteiger partial charge is 0.394 e. The lowest BCUT2D eigenvalue weighted by molar-refractivity contribution is 0.584. The summed E-state index contributed by atoms with van der Waals surface area (Å²) in [7, 11) is 0. The highest BCUT2D eigenvalue weighted by atomic mass is 19.1. The Hall–Kier alpha value is -2.24. The number of aryl methyl sites for hydroxylation is 1. The number of hydrogen-bond donors (Lipinski definition) is 1. The molecule has 1 aliphatic heterocycles. The van der Waals surface area contributed by atoms with Crippen LogP contribution in [-0.2, 0) is 0 Å². The Labute approximate surface area is 121 Å². The zero-order chi connectivity index (χ0) is 15.0. The number of benzene rings is 1. The van der Waals surface area contributed by atoms with Crippen molar-refractivity contribution in [2.24, 2.45) is 0 Å². The zero-order valence-corrected chi connectivity index (χ0v) is 11.7. The number of halogens is 2. The van der Waals surface area contributed by atoms with Crippen LogP contribution in [0.2, 0.25) is 0 Å². The second-order valence-electron chi connectivity index (χ2n) is 5.21. The van der Waals surface area contributed by atoms with E-state index < -0.39 is 11.6 Å². The molecule has 1 saturated heterocycles. The fourth-order valence-corrected chi connectivity index (χ4v) is 2.65. The van der Waals surface area contributed by atoms with E-state index in [1.165, 1.54) is 12.1 Å². The van der Waals surface area contributed by atoms with Crippen LogP contribution in [0.4, 0.5) is 20.3 Å². The fraction of sp³-hybridized carbons (Fsp3) is 0.333. The molecule has 4 nitrogen and oxygen atoms in total. The van der Waals surface area contributed by atoms with Gasteiger partial charge in [-0.05, 0) is 31.9 Å². The third kappa shape index (κ3) is 2.66. The Kier molecular flexibility index (Phi) is 3.45. The minimum atomic E-state index is -0.650. The van der Waals surface area contributed by atoms with Gasteiger partial charge in [-0.15, -0.1) is 0 Å². The number of hydrogen-bond acceptors (Lipinski definition) is 4. The summed E-state index contributed by atoms with van der Waals surface area (Å²) in [6, 6.07) is 3.29. The number of nitrogens with two attached hydrogens (primary N) is 1. The number of nitrogen functional groups attached to an aromatic ring is 1.